The van der Waals surface area contributed by atoms with Crippen LogP contribution in [0.25, 0.3) is 22.2 Å². The minimum atomic E-state index is 0.565. The summed E-state index contributed by atoms with van der Waals surface area (Å²) in [6, 6.07) is 18.3. The van der Waals surface area contributed by atoms with Crippen molar-refractivity contribution in [1.29, 1.82) is 0 Å². The Kier molecular flexibility index (Phi) is 4.25. The Bertz CT molecular complexity index is 948. The summed E-state index contributed by atoms with van der Waals surface area (Å²) in [5, 5.41) is 11.3. The highest BCUT2D eigenvalue weighted by Crippen LogP contribution is 2.29. The molecule has 118 valence electrons. The van der Waals surface area contributed by atoms with Crippen LogP contribution in [-0.2, 0) is 6.42 Å². The Labute approximate surface area is 144 Å². The Morgan fingerprint density at radius 1 is 0.917 bits per heavy atom. The molecule has 0 aliphatic rings. The van der Waals surface area contributed by atoms with E-state index in [1.165, 1.54) is 10.9 Å². The first kappa shape index (κ1) is 14.9. The molecule has 0 amide bonds. The van der Waals surface area contributed by atoms with Gasteiger partial charge in [0.1, 0.15) is 0 Å². The molecule has 2 aromatic heterocycles. The molecule has 0 unspecified atom stereocenters. The fourth-order valence-corrected chi connectivity index (χ4v) is 3.34. The van der Waals surface area contributed by atoms with Crippen molar-refractivity contribution in [3.63, 3.8) is 0 Å². The van der Waals surface area contributed by atoms with E-state index in [4.69, 9.17) is 4.42 Å². The lowest BCUT2D eigenvalue weighted by Gasteiger charge is -2.01. The van der Waals surface area contributed by atoms with E-state index in [0.29, 0.717) is 11.1 Å². The summed E-state index contributed by atoms with van der Waals surface area (Å²) in [5.74, 6) is 1.44. The number of hydrogen-bond acceptors (Lipinski definition) is 5. The number of nitrogens with zero attached hydrogens (tertiary/aromatic N) is 3. The van der Waals surface area contributed by atoms with Crippen molar-refractivity contribution in [1.82, 2.24) is 15.2 Å². The van der Waals surface area contributed by atoms with Gasteiger partial charge in [-0.1, -0.05) is 54.2 Å². The number of thioether (sulfide) groups is 1. The Hall–Kier alpha value is -2.66. The number of fused-ring (bicyclic) bond motifs is 1. The Morgan fingerprint density at radius 3 is 2.75 bits per heavy atom. The van der Waals surface area contributed by atoms with Gasteiger partial charge in [0.25, 0.3) is 5.22 Å². The van der Waals surface area contributed by atoms with Crippen molar-refractivity contribution in [3.8, 4) is 11.5 Å². The lowest BCUT2D eigenvalue weighted by atomic mass is 10.0. The smallest absolute Gasteiger partial charge is 0.276 e. The number of aryl methyl sites for hydroxylation is 1. The van der Waals surface area contributed by atoms with E-state index in [9.17, 15) is 0 Å². The standard InChI is InChI=1S/C19H15N3OS/c1-2-8-16-15(6-1)7-3-9-17(16)18-21-22-19(23-18)24-12-10-14-5-4-11-20-13-14/h1-9,11,13H,10,12H2. The van der Waals surface area contributed by atoms with Gasteiger partial charge in [0.05, 0.1) is 0 Å². The summed E-state index contributed by atoms with van der Waals surface area (Å²) in [7, 11) is 0. The first-order valence-corrected chi connectivity index (χ1v) is 8.72. The topological polar surface area (TPSA) is 51.8 Å². The molecule has 2 aromatic carbocycles. The van der Waals surface area contributed by atoms with Crippen LogP contribution in [0.3, 0.4) is 0 Å². The van der Waals surface area contributed by atoms with E-state index in [-0.39, 0.29) is 0 Å². The molecule has 0 atom stereocenters. The Morgan fingerprint density at radius 2 is 1.83 bits per heavy atom. The second kappa shape index (κ2) is 6.84. The van der Waals surface area contributed by atoms with E-state index >= 15 is 0 Å². The predicted octanol–water partition coefficient (Wildman–Crippen LogP) is 4.62. The van der Waals surface area contributed by atoms with Gasteiger partial charge in [0.2, 0.25) is 5.89 Å². The van der Waals surface area contributed by atoms with Gasteiger partial charge in [-0.3, -0.25) is 4.98 Å². The average Bonchev–Trinajstić information content (AvgIpc) is 3.11. The summed E-state index contributed by atoms with van der Waals surface area (Å²) < 4.78 is 5.84. The zero-order chi connectivity index (χ0) is 16.2. The molecular weight excluding hydrogens is 318 g/mol. The highest BCUT2D eigenvalue weighted by molar-refractivity contribution is 7.99. The normalized spacial score (nSPS) is 11.0. The largest absolute Gasteiger partial charge is 0.411 e. The monoisotopic (exact) mass is 333 g/mol. The van der Waals surface area contributed by atoms with Crippen molar-refractivity contribution < 1.29 is 4.42 Å². The molecule has 0 fully saturated rings. The summed E-state index contributed by atoms with van der Waals surface area (Å²) in [5.41, 5.74) is 2.18. The minimum Gasteiger partial charge on any atom is -0.411 e. The fraction of sp³-hybridized carbons (Fsp3) is 0.105. The third-order valence-electron chi connectivity index (χ3n) is 3.77. The number of rotatable bonds is 5. The minimum absolute atomic E-state index is 0.565. The molecule has 4 aromatic rings. The van der Waals surface area contributed by atoms with Gasteiger partial charge >= 0.3 is 0 Å². The van der Waals surface area contributed by atoms with Gasteiger partial charge < -0.3 is 4.42 Å². The second-order valence-electron chi connectivity index (χ2n) is 5.36. The molecule has 0 spiro atoms. The maximum atomic E-state index is 5.84. The molecular formula is C19H15N3OS. The molecule has 0 N–H and O–H groups in total. The van der Waals surface area contributed by atoms with Gasteiger partial charge in [0.15, 0.2) is 0 Å². The van der Waals surface area contributed by atoms with E-state index < -0.39 is 0 Å². The fourth-order valence-electron chi connectivity index (χ4n) is 2.59. The van der Waals surface area contributed by atoms with Crippen LogP contribution in [-0.4, -0.2) is 20.9 Å². The van der Waals surface area contributed by atoms with Crippen molar-refractivity contribution in [3.05, 3.63) is 72.6 Å². The molecule has 4 rings (SSSR count). The number of pyridine rings is 1. The maximum Gasteiger partial charge on any atom is 0.276 e. The zero-order valence-electron chi connectivity index (χ0n) is 12.9. The second-order valence-corrected chi connectivity index (χ2v) is 6.41. The van der Waals surface area contributed by atoms with Crippen molar-refractivity contribution in [2.24, 2.45) is 0 Å². The molecule has 5 heteroatoms. The van der Waals surface area contributed by atoms with Crippen molar-refractivity contribution in [2.75, 3.05) is 5.75 Å². The lowest BCUT2D eigenvalue weighted by Crippen LogP contribution is -1.88. The summed E-state index contributed by atoms with van der Waals surface area (Å²) in [6.45, 7) is 0. The molecule has 4 nitrogen and oxygen atoms in total. The third-order valence-corrected chi connectivity index (χ3v) is 4.59. The Balaban J connectivity index is 1.50. The molecule has 2 heterocycles. The third kappa shape index (κ3) is 3.16. The lowest BCUT2D eigenvalue weighted by molar-refractivity contribution is 0.466. The van der Waals surface area contributed by atoms with E-state index in [0.717, 1.165) is 23.1 Å². The molecule has 0 aliphatic carbocycles. The molecule has 0 bridgehead atoms. The van der Waals surface area contributed by atoms with Crippen molar-refractivity contribution in [2.45, 2.75) is 11.6 Å². The summed E-state index contributed by atoms with van der Waals surface area (Å²) in [6.07, 6.45) is 4.59. The first-order chi connectivity index (χ1) is 11.9. The number of aromatic nitrogens is 3. The number of hydrogen-bond donors (Lipinski definition) is 0. The molecule has 0 aliphatic heterocycles. The van der Waals surface area contributed by atoms with Crippen LogP contribution in [0.1, 0.15) is 5.56 Å². The highest BCUT2D eigenvalue weighted by atomic mass is 32.2. The molecule has 24 heavy (non-hydrogen) atoms. The van der Waals surface area contributed by atoms with Gasteiger partial charge in [-0.2, -0.15) is 0 Å². The van der Waals surface area contributed by atoms with E-state index in [2.05, 4.69) is 39.4 Å². The van der Waals surface area contributed by atoms with Crippen LogP contribution in [0, 0.1) is 0 Å². The van der Waals surface area contributed by atoms with E-state index in [1.54, 1.807) is 18.0 Å². The van der Waals surface area contributed by atoms with Crippen LogP contribution < -0.4 is 0 Å². The SMILES string of the molecule is c1cncc(CCSc2nnc(-c3cccc4ccccc34)o2)c1. The van der Waals surface area contributed by atoms with Gasteiger partial charge in [-0.05, 0) is 34.9 Å². The van der Waals surface area contributed by atoms with Gasteiger partial charge in [-0.25, -0.2) is 0 Å². The van der Waals surface area contributed by atoms with Crippen LogP contribution in [0.5, 0.6) is 0 Å². The van der Waals surface area contributed by atoms with Crippen LogP contribution in [0.15, 0.2) is 76.6 Å². The summed E-state index contributed by atoms with van der Waals surface area (Å²) in [4.78, 5) is 4.12. The average molecular weight is 333 g/mol. The zero-order valence-corrected chi connectivity index (χ0v) is 13.7. The molecule has 0 radical (unpaired) electrons. The number of benzene rings is 2. The first-order valence-electron chi connectivity index (χ1n) is 7.73. The van der Waals surface area contributed by atoms with Gasteiger partial charge in [0, 0.05) is 23.7 Å². The van der Waals surface area contributed by atoms with Crippen LogP contribution >= 0.6 is 11.8 Å². The highest BCUT2D eigenvalue weighted by Gasteiger charge is 2.11. The molecule has 0 saturated heterocycles. The van der Waals surface area contributed by atoms with Crippen LogP contribution in [0.2, 0.25) is 0 Å². The maximum absolute atomic E-state index is 5.84. The molecule has 0 saturated carbocycles. The van der Waals surface area contributed by atoms with Gasteiger partial charge in [-0.15, -0.1) is 10.2 Å². The van der Waals surface area contributed by atoms with E-state index in [1.807, 2.05) is 36.5 Å². The predicted molar refractivity (Wildman–Crippen MR) is 95.9 cm³/mol. The van der Waals surface area contributed by atoms with Crippen molar-refractivity contribution >= 4 is 22.5 Å². The van der Waals surface area contributed by atoms with Crippen LogP contribution in [0.4, 0.5) is 0 Å². The quantitative estimate of drug-likeness (QED) is 0.499. The summed E-state index contributed by atoms with van der Waals surface area (Å²) >= 11 is 1.57.